The number of aryl methyl sites for hydroxylation is 1. The number of aliphatic hydroxyl groups is 1. The minimum Gasteiger partial charge on any atom is -0.493 e. The average molecular weight is 294 g/mol. The van der Waals surface area contributed by atoms with E-state index in [9.17, 15) is 4.79 Å². The second-order valence-electron chi connectivity index (χ2n) is 6.07. The van der Waals surface area contributed by atoms with Crippen molar-refractivity contribution in [2.75, 3.05) is 19.8 Å². The van der Waals surface area contributed by atoms with Gasteiger partial charge in [0.1, 0.15) is 5.75 Å². The van der Waals surface area contributed by atoms with Crippen molar-refractivity contribution in [1.82, 2.24) is 0 Å². The van der Waals surface area contributed by atoms with Crippen LogP contribution in [0, 0.1) is 6.92 Å². The molecular weight excluding hydrogens is 268 g/mol. The van der Waals surface area contributed by atoms with Crippen molar-refractivity contribution in [2.24, 2.45) is 0 Å². The van der Waals surface area contributed by atoms with Gasteiger partial charge in [-0.1, -0.05) is 20.8 Å². The van der Waals surface area contributed by atoms with Gasteiger partial charge in [-0.05, 0) is 37.0 Å². The van der Waals surface area contributed by atoms with Crippen LogP contribution in [-0.2, 0) is 10.2 Å². The highest BCUT2D eigenvalue weighted by molar-refractivity contribution is 5.90. The Hall–Kier alpha value is -1.55. The Morgan fingerprint density at radius 2 is 1.95 bits per heavy atom. The second-order valence-corrected chi connectivity index (χ2v) is 6.07. The van der Waals surface area contributed by atoms with E-state index in [1.807, 2.05) is 19.9 Å². The molecule has 0 amide bonds. The summed E-state index contributed by atoms with van der Waals surface area (Å²) < 4.78 is 10.9. The molecule has 0 spiro atoms. The minimum absolute atomic E-state index is 0.0167. The molecule has 118 valence electrons. The van der Waals surface area contributed by atoms with Crippen molar-refractivity contribution in [3.05, 3.63) is 28.8 Å². The third-order valence-electron chi connectivity index (χ3n) is 3.14. The van der Waals surface area contributed by atoms with Crippen molar-refractivity contribution >= 4 is 5.97 Å². The number of esters is 1. The molecule has 1 rings (SSSR count). The fourth-order valence-corrected chi connectivity index (χ4v) is 2.10. The third kappa shape index (κ3) is 4.74. The summed E-state index contributed by atoms with van der Waals surface area (Å²) in [5.74, 6) is 0.483. The highest BCUT2D eigenvalue weighted by Crippen LogP contribution is 2.35. The maximum Gasteiger partial charge on any atom is 0.338 e. The van der Waals surface area contributed by atoms with Gasteiger partial charge in [-0.15, -0.1) is 0 Å². The second kappa shape index (κ2) is 7.46. The zero-order valence-electron chi connectivity index (χ0n) is 13.7. The molecule has 0 bridgehead atoms. The molecule has 0 aliphatic heterocycles. The molecule has 0 radical (unpaired) electrons. The Morgan fingerprint density at radius 1 is 1.29 bits per heavy atom. The summed E-state index contributed by atoms with van der Waals surface area (Å²) in [6.07, 6.45) is 0.452. The fraction of sp³-hybridized carbons (Fsp3) is 0.588. The quantitative estimate of drug-likeness (QED) is 0.646. The molecule has 21 heavy (non-hydrogen) atoms. The lowest BCUT2D eigenvalue weighted by Gasteiger charge is -2.25. The van der Waals surface area contributed by atoms with Crippen molar-refractivity contribution in [1.29, 1.82) is 0 Å². The van der Waals surface area contributed by atoms with Gasteiger partial charge in [0.2, 0.25) is 0 Å². The number of carbonyl (C=O) groups is 1. The van der Waals surface area contributed by atoms with Gasteiger partial charge in [0.25, 0.3) is 0 Å². The summed E-state index contributed by atoms with van der Waals surface area (Å²) in [7, 11) is 0. The fourth-order valence-electron chi connectivity index (χ4n) is 2.10. The first-order valence-corrected chi connectivity index (χ1v) is 7.37. The molecule has 0 aliphatic rings. The van der Waals surface area contributed by atoms with Crippen molar-refractivity contribution < 1.29 is 19.4 Å². The van der Waals surface area contributed by atoms with Crippen LogP contribution in [0.15, 0.2) is 12.1 Å². The lowest BCUT2D eigenvalue weighted by Crippen LogP contribution is -2.17. The van der Waals surface area contributed by atoms with Crippen LogP contribution >= 0.6 is 0 Å². The van der Waals surface area contributed by atoms with E-state index in [1.54, 1.807) is 6.07 Å². The number of ether oxygens (including phenoxy) is 2. The largest absolute Gasteiger partial charge is 0.493 e. The van der Waals surface area contributed by atoms with Gasteiger partial charge in [0.05, 0.1) is 18.8 Å². The maximum atomic E-state index is 12.1. The lowest BCUT2D eigenvalue weighted by molar-refractivity contribution is 0.0482. The van der Waals surface area contributed by atoms with E-state index < -0.39 is 0 Å². The monoisotopic (exact) mass is 294 g/mol. The molecule has 0 aromatic heterocycles. The molecule has 4 heteroatoms. The van der Waals surface area contributed by atoms with Crippen molar-refractivity contribution in [2.45, 2.75) is 46.5 Å². The SMILES string of the molecule is CCOc1c(C)cc(C(=O)OCCCO)cc1C(C)(C)C. The Kier molecular flexibility index (Phi) is 6.21. The Bertz CT molecular complexity index is 486. The van der Waals surface area contributed by atoms with Crippen LogP contribution in [-0.4, -0.2) is 30.9 Å². The minimum atomic E-state index is -0.361. The first kappa shape index (κ1) is 17.5. The molecule has 1 N–H and O–H groups in total. The summed E-state index contributed by atoms with van der Waals surface area (Å²) in [5.41, 5.74) is 2.33. The first-order chi connectivity index (χ1) is 9.81. The zero-order valence-corrected chi connectivity index (χ0v) is 13.7. The Labute approximate surface area is 127 Å². The van der Waals surface area contributed by atoms with Crippen LogP contribution in [0.2, 0.25) is 0 Å². The van der Waals surface area contributed by atoms with Gasteiger partial charge < -0.3 is 14.6 Å². The van der Waals surface area contributed by atoms with Gasteiger partial charge in [-0.25, -0.2) is 4.79 Å². The normalized spacial score (nSPS) is 11.3. The van der Waals surface area contributed by atoms with Crippen LogP contribution in [0.3, 0.4) is 0 Å². The molecule has 0 unspecified atom stereocenters. The number of carbonyl (C=O) groups excluding carboxylic acids is 1. The van der Waals surface area contributed by atoms with Crippen LogP contribution in [0.25, 0.3) is 0 Å². The van der Waals surface area contributed by atoms with Crippen LogP contribution in [0.1, 0.15) is 55.6 Å². The molecule has 0 heterocycles. The van der Waals surface area contributed by atoms with E-state index in [4.69, 9.17) is 14.6 Å². The molecule has 0 atom stereocenters. The summed E-state index contributed by atoms with van der Waals surface area (Å²) in [6, 6.07) is 3.64. The smallest absolute Gasteiger partial charge is 0.338 e. The third-order valence-corrected chi connectivity index (χ3v) is 3.14. The predicted octanol–water partition coefficient (Wildman–Crippen LogP) is 3.23. The molecule has 1 aromatic rings. The van der Waals surface area contributed by atoms with Gasteiger partial charge in [-0.3, -0.25) is 0 Å². The summed E-state index contributed by atoms with van der Waals surface area (Å²) >= 11 is 0. The van der Waals surface area contributed by atoms with Gasteiger partial charge in [0.15, 0.2) is 0 Å². The molecular formula is C17H26O4. The van der Waals surface area contributed by atoms with Gasteiger partial charge >= 0.3 is 5.97 Å². The molecule has 0 saturated carbocycles. The highest BCUT2D eigenvalue weighted by atomic mass is 16.5. The van der Waals surface area contributed by atoms with E-state index in [-0.39, 0.29) is 24.6 Å². The Balaban J connectivity index is 3.13. The van der Waals surface area contributed by atoms with Crippen LogP contribution in [0.5, 0.6) is 5.75 Å². The number of benzene rings is 1. The van der Waals surface area contributed by atoms with Crippen LogP contribution in [0.4, 0.5) is 0 Å². The molecule has 1 aromatic carbocycles. The number of aliphatic hydroxyl groups excluding tert-OH is 1. The summed E-state index contributed by atoms with van der Waals surface area (Å²) in [5, 5.41) is 8.73. The van der Waals surface area contributed by atoms with Gasteiger partial charge in [0, 0.05) is 18.6 Å². The average Bonchev–Trinajstić information content (AvgIpc) is 2.39. The molecule has 0 saturated heterocycles. The topological polar surface area (TPSA) is 55.8 Å². The number of hydrogen-bond donors (Lipinski definition) is 1. The molecule has 0 fully saturated rings. The van der Waals surface area contributed by atoms with Gasteiger partial charge in [-0.2, -0.15) is 0 Å². The summed E-state index contributed by atoms with van der Waals surface area (Å²) in [4.78, 5) is 12.1. The predicted molar refractivity (Wildman–Crippen MR) is 83.0 cm³/mol. The maximum absolute atomic E-state index is 12.1. The zero-order chi connectivity index (χ0) is 16.0. The van der Waals surface area contributed by atoms with E-state index in [2.05, 4.69) is 20.8 Å². The van der Waals surface area contributed by atoms with E-state index in [1.165, 1.54) is 0 Å². The van der Waals surface area contributed by atoms with E-state index in [0.717, 1.165) is 16.9 Å². The molecule has 0 aliphatic carbocycles. The van der Waals surface area contributed by atoms with Crippen molar-refractivity contribution in [3.63, 3.8) is 0 Å². The first-order valence-electron chi connectivity index (χ1n) is 7.37. The lowest BCUT2D eigenvalue weighted by atomic mass is 9.84. The summed E-state index contributed by atoms with van der Waals surface area (Å²) in [6.45, 7) is 11.0. The Morgan fingerprint density at radius 3 is 2.48 bits per heavy atom. The standard InChI is InChI=1S/C17H26O4/c1-6-20-15-12(2)10-13(11-14(15)17(3,4)5)16(19)21-9-7-8-18/h10-11,18H,6-9H2,1-5H3. The van der Waals surface area contributed by atoms with Crippen molar-refractivity contribution in [3.8, 4) is 5.75 Å². The van der Waals surface area contributed by atoms with E-state index in [0.29, 0.717) is 18.6 Å². The number of hydrogen-bond acceptors (Lipinski definition) is 4. The van der Waals surface area contributed by atoms with E-state index >= 15 is 0 Å². The van der Waals surface area contributed by atoms with Crippen LogP contribution < -0.4 is 4.74 Å². The highest BCUT2D eigenvalue weighted by Gasteiger charge is 2.23. The number of rotatable bonds is 6. The molecule has 4 nitrogen and oxygen atoms in total.